The summed E-state index contributed by atoms with van der Waals surface area (Å²) in [5.41, 5.74) is -1.27. The van der Waals surface area contributed by atoms with Gasteiger partial charge in [-0.1, -0.05) is 13.3 Å². The Labute approximate surface area is 155 Å². The van der Waals surface area contributed by atoms with Crippen molar-refractivity contribution in [2.24, 2.45) is 4.99 Å². The lowest BCUT2D eigenvalue weighted by Crippen LogP contribution is -2.23. The summed E-state index contributed by atoms with van der Waals surface area (Å²) >= 11 is 1.34. The fourth-order valence-corrected chi connectivity index (χ4v) is 3.58. The van der Waals surface area contributed by atoms with Crippen LogP contribution in [-0.4, -0.2) is 15.8 Å². The van der Waals surface area contributed by atoms with Crippen LogP contribution >= 0.6 is 11.3 Å². The molecule has 1 heterocycles. The Kier molecular flexibility index (Phi) is 5.92. The van der Waals surface area contributed by atoms with Gasteiger partial charge in [0.25, 0.3) is 0 Å². The minimum absolute atomic E-state index is 0.131. The smallest absolute Gasteiger partial charge is 0.386 e. The average molecular weight is 384 g/mol. The number of hydrogen-bond donors (Lipinski definition) is 1. The third kappa shape index (κ3) is 4.32. The molecule has 26 heavy (non-hydrogen) atoms. The van der Waals surface area contributed by atoms with Crippen molar-refractivity contribution in [3.05, 3.63) is 34.3 Å². The Hall–Kier alpha value is -1.73. The summed E-state index contributed by atoms with van der Waals surface area (Å²) in [6.45, 7) is 8.00. The van der Waals surface area contributed by atoms with Gasteiger partial charge in [-0.3, -0.25) is 4.99 Å². The predicted octanol–water partition coefficient (Wildman–Crippen LogP) is 6.26. The van der Waals surface area contributed by atoms with E-state index < -0.39 is 17.3 Å². The van der Waals surface area contributed by atoms with E-state index in [1.165, 1.54) is 31.3 Å². The highest BCUT2D eigenvalue weighted by molar-refractivity contribution is 7.13. The van der Waals surface area contributed by atoms with Crippen molar-refractivity contribution < 1.29 is 18.3 Å². The van der Waals surface area contributed by atoms with Crippen molar-refractivity contribution in [1.29, 1.82) is 0 Å². The molecule has 0 aliphatic rings. The van der Waals surface area contributed by atoms with Crippen LogP contribution < -0.4 is 0 Å². The summed E-state index contributed by atoms with van der Waals surface area (Å²) in [6.07, 6.45) is -1.63. The van der Waals surface area contributed by atoms with Gasteiger partial charge in [-0.25, -0.2) is 4.98 Å². The average Bonchev–Trinajstić information content (AvgIpc) is 3.00. The van der Waals surface area contributed by atoms with Gasteiger partial charge in [0.2, 0.25) is 0 Å². The van der Waals surface area contributed by atoms with Crippen LogP contribution in [0.3, 0.4) is 0 Å². The first-order chi connectivity index (χ1) is 12.0. The fraction of sp³-hybridized carbons (Fsp3) is 0.474. The largest absolute Gasteiger partial charge is 0.418 e. The molecule has 0 bridgehead atoms. The molecule has 142 valence electrons. The van der Waals surface area contributed by atoms with E-state index >= 15 is 0 Å². The summed E-state index contributed by atoms with van der Waals surface area (Å²) in [6, 6.07) is 1.39. The molecule has 2 aromatic rings. The van der Waals surface area contributed by atoms with E-state index in [-0.39, 0.29) is 11.3 Å². The second-order valence-corrected chi connectivity index (χ2v) is 7.71. The summed E-state index contributed by atoms with van der Waals surface area (Å²) in [5, 5.41) is 12.8. The molecule has 1 N–H and O–H groups in total. The van der Waals surface area contributed by atoms with Crippen LogP contribution in [0.25, 0.3) is 10.6 Å². The van der Waals surface area contributed by atoms with E-state index in [2.05, 4.69) is 9.98 Å². The lowest BCUT2D eigenvalue weighted by Gasteiger charge is -2.26. The van der Waals surface area contributed by atoms with E-state index in [9.17, 15) is 18.3 Å². The van der Waals surface area contributed by atoms with Crippen molar-refractivity contribution in [3.8, 4) is 10.6 Å². The number of thiazole rings is 1. The van der Waals surface area contributed by atoms with E-state index in [1.54, 1.807) is 25.4 Å². The summed E-state index contributed by atoms with van der Waals surface area (Å²) in [5.74, 6) is 0. The number of benzene rings is 1. The Morgan fingerprint density at radius 1 is 1.31 bits per heavy atom. The van der Waals surface area contributed by atoms with Gasteiger partial charge in [0.05, 0.1) is 16.9 Å². The van der Waals surface area contributed by atoms with Gasteiger partial charge in [0.1, 0.15) is 5.01 Å². The second-order valence-electron chi connectivity index (χ2n) is 6.81. The van der Waals surface area contributed by atoms with Crippen LogP contribution in [0.4, 0.5) is 18.9 Å². The molecule has 7 heteroatoms. The first-order valence-electron chi connectivity index (χ1n) is 8.38. The van der Waals surface area contributed by atoms with Crippen molar-refractivity contribution in [1.82, 2.24) is 4.98 Å². The van der Waals surface area contributed by atoms with E-state index in [0.29, 0.717) is 28.3 Å². The zero-order valence-corrected chi connectivity index (χ0v) is 16.3. The van der Waals surface area contributed by atoms with E-state index in [1.807, 2.05) is 6.92 Å². The number of nitrogens with zero attached hydrogens (tertiary/aromatic N) is 2. The van der Waals surface area contributed by atoms with Crippen LogP contribution in [0, 0.1) is 6.92 Å². The molecule has 0 fully saturated rings. The third-order valence-corrected chi connectivity index (χ3v) is 4.88. The molecule has 0 amide bonds. The lowest BCUT2D eigenvalue weighted by atomic mass is 9.87. The molecule has 0 unspecified atom stereocenters. The van der Waals surface area contributed by atoms with E-state index in [0.717, 1.165) is 6.42 Å². The van der Waals surface area contributed by atoms with Gasteiger partial charge in [-0.2, -0.15) is 13.2 Å². The number of rotatable bonds is 5. The number of aromatic nitrogens is 1. The van der Waals surface area contributed by atoms with Crippen LogP contribution in [0.15, 0.2) is 22.6 Å². The van der Waals surface area contributed by atoms with Crippen LogP contribution in [-0.2, 0) is 11.8 Å². The Morgan fingerprint density at radius 2 is 1.96 bits per heavy atom. The monoisotopic (exact) mass is 384 g/mol. The maximum Gasteiger partial charge on any atom is 0.418 e. The van der Waals surface area contributed by atoms with Crippen LogP contribution in [0.2, 0.25) is 0 Å². The molecular formula is C19H23F3N2OS. The molecule has 0 spiro atoms. The van der Waals surface area contributed by atoms with Gasteiger partial charge >= 0.3 is 6.18 Å². The number of aliphatic imine (C=N–C) groups is 1. The Bertz CT molecular complexity index is 804. The molecular weight excluding hydrogens is 361 g/mol. The highest BCUT2D eigenvalue weighted by Gasteiger charge is 2.41. The summed E-state index contributed by atoms with van der Waals surface area (Å²) in [7, 11) is 0. The van der Waals surface area contributed by atoms with E-state index in [4.69, 9.17) is 0 Å². The molecule has 0 atom stereocenters. The molecule has 0 aliphatic heterocycles. The highest BCUT2D eigenvalue weighted by Crippen LogP contribution is 2.47. The van der Waals surface area contributed by atoms with Crippen molar-refractivity contribution in [3.63, 3.8) is 0 Å². The lowest BCUT2D eigenvalue weighted by molar-refractivity contribution is -0.139. The van der Waals surface area contributed by atoms with Crippen molar-refractivity contribution in [2.45, 2.75) is 59.2 Å². The molecule has 1 aromatic heterocycles. The molecule has 1 aromatic carbocycles. The van der Waals surface area contributed by atoms with Gasteiger partial charge in [-0.05, 0) is 51.3 Å². The number of aliphatic hydroxyl groups is 1. The zero-order valence-electron chi connectivity index (χ0n) is 15.5. The van der Waals surface area contributed by atoms with Crippen molar-refractivity contribution >= 4 is 22.7 Å². The number of hydrogen-bond acceptors (Lipinski definition) is 4. The SMILES string of the molecule is CCCC(C)=Nc1c(C)c(-c2nccs2)cc(C(C)(C)O)c1C(F)(F)F. The third-order valence-electron chi connectivity index (χ3n) is 4.07. The maximum atomic E-state index is 13.9. The highest BCUT2D eigenvalue weighted by atomic mass is 32.1. The van der Waals surface area contributed by atoms with Gasteiger partial charge < -0.3 is 5.11 Å². The minimum Gasteiger partial charge on any atom is -0.386 e. The molecule has 0 saturated heterocycles. The first-order valence-corrected chi connectivity index (χ1v) is 9.26. The molecule has 0 radical (unpaired) electrons. The number of halogens is 3. The normalized spacial score (nSPS) is 13.3. The Balaban J connectivity index is 2.93. The number of alkyl halides is 3. The summed E-state index contributed by atoms with van der Waals surface area (Å²) < 4.78 is 41.8. The second kappa shape index (κ2) is 7.48. The predicted molar refractivity (Wildman–Crippen MR) is 100 cm³/mol. The van der Waals surface area contributed by atoms with Crippen molar-refractivity contribution in [2.75, 3.05) is 0 Å². The molecule has 3 nitrogen and oxygen atoms in total. The standard InChI is InChI=1S/C19H23F3N2OS/c1-6-7-11(2)24-16-12(3)13(17-23-8-9-26-17)10-14(18(4,5)25)15(16)19(20,21)22/h8-10,25H,6-7H2,1-5H3. The molecule has 0 aliphatic carbocycles. The summed E-state index contributed by atoms with van der Waals surface area (Å²) in [4.78, 5) is 8.55. The van der Waals surface area contributed by atoms with Crippen LogP contribution in [0.1, 0.15) is 57.2 Å². The topological polar surface area (TPSA) is 45.5 Å². The van der Waals surface area contributed by atoms with Crippen LogP contribution in [0.5, 0.6) is 0 Å². The maximum absolute atomic E-state index is 13.9. The minimum atomic E-state index is -4.63. The fourth-order valence-electron chi connectivity index (χ4n) is 2.86. The van der Waals surface area contributed by atoms with Gasteiger partial charge in [-0.15, -0.1) is 11.3 Å². The van der Waals surface area contributed by atoms with Gasteiger partial charge in [0.15, 0.2) is 0 Å². The Morgan fingerprint density at radius 3 is 2.42 bits per heavy atom. The van der Waals surface area contributed by atoms with Gasteiger partial charge in [0, 0.05) is 22.9 Å². The quantitative estimate of drug-likeness (QED) is 0.619. The first kappa shape index (κ1) is 20.6. The zero-order chi connectivity index (χ0) is 19.7. The molecule has 2 rings (SSSR count). The molecule has 0 saturated carbocycles.